The molecule has 3 saturated carbocycles. The van der Waals surface area contributed by atoms with Gasteiger partial charge in [0.1, 0.15) is 12.1 Å². The van der Waals surface area contributed by atoms with Gasteiger partial charge in [-0.05, 0) is 79.8 Å². The summed E-state index contributed by atoms with van der Waals surface area (Å²) in [7, 11) is 1.30. The number of fused-ring (bicyclic) bond motifs is 5. The molecule has 0 aromatic heterocycles. The molecule has 7 heteroatoms. The maximum absolute atomic E-state index is 12.9. The first-order valence-electron chi connectivity index (χ1n) is 15.0. The Bertz CT molecular complexity index is 1180. The summed E-state index contributed by atoms with van der Waals surface area (Å²) >= 11 is 0. The minimum absolute atomic E-state index is 0.0192. The second-order valence-electron chi connectivity index (χ2n) is 12.9. The molecule has 7 atom stereocenters. The molecular weight excluding hydrogens is 506 g/mol. The van der Waals surface area contributed by atoms with Crippen molar-refractivity contribution < 1.29 is 28.7 Å². The maximum Gasteiger partial charge on any atom is 0.328 e. The largest absolute Gasteiger partial charge is 0.467 e. The molecular formula is C33H43NO6. The fourth-order valence-corrected chi connectivity index (χ4v) is 8.59. The van der Waals surface area contributed by atoms with Gasteiger partial charge in [0, 0.05) is 24.7 Å². The van der Waals surface area contributed by atoms with Crippen molar-refractivity contribution >= 4 is 23.6 Å². The zero-order chi connectivity index (χ0) is 28.5. The predicted molar refractivity (Wildman–Crippen MR) is 150 cm³/mol. The van der Waals surface area contributed by atoms with Crippen molar-refractivity contribution in [1.82, 2.24) is 5.32 Å². The number of amides is 1. The molecule has 4 aliphatic rings. The van der Waals surface area contributed by atoms with Gasteiger partial charge in [-0.2, -0.15) is 0 Å². The number of carbonyl (C=O) groups is 4. The van der Waals surface area contributed by atoms with Crippen LogP contribution in [-0.4, -0.2) is 42.9 Å². The third-order valence-corrected chi connectivity index (χ3v) is 10.8. The van der Waals surface area contributed by atoms with Crippen LogP contribution in [0, 0.1) is 28.6 Å². The first kappa shape index (κ1) is 28.6. The van der Waals surface area contributed by atoms with E-state index in [1.807, 2.05) is 36.4 Å². The number of ketones is 1. The number of hydrogen-bond acceptors (Lipinski definition) is 6. The average Bonchev–Trinajstić information content (AvgIpc) is 3.27. The summed E-state index contributed by atoms with van der Waals surface area (Å²) in [6, 6.07) is 8.62. The SMILES string of the molecule is COC(=O)C(Cc1ccccc1)NC(=O)CCC(=O)OC1CCC2C3CCC4=CC(=O)CC[C@]4(C)C3CC[C@]12C. The molecule has 3 fully saturated rings. The van der Waals surface area contributed by atoms with Gasteiger partial charge < -0.3 is 14.8 Å². The van der Waals surface area contributed by atoms with Crippen molar-refractivity contribution in [3.63, 3.8) is 0 Å². The van der Waals surface area contributed by atoms with Crippen molar-refractivity contribution in [2.45, 2.75) is 96.6 Å². The zero-order valence-electron chi connectivity index (χ0n) is 24.1. The fraction of sp³-hybridized carbons (Fsp3) is 0.636. The highest BCUT2D eigenvalue weighted by Gasteiger charge is 2.60. The van der Waals surface area contributed by atoms with Crippen LogP contribution in [-0.2, 0) is 35.1 Å². The molecule has 1 aromatic rings. The van der Waals surface area contributed by atoms with E-state index in [0.717, 1.165) is 50.5 Å². The van der Waals surface area contributed by atoms with Gasteiger partial charge in [0.15, 0.2) is 5.78 Å². The van der Waals surface area contributed by atoms with E-state index in [9.17, 15) is 19.2 Å². The molecule has 5 rings (SSSR count). The summed E-state index contributed by atoms with van der Waals surface area (Å²) in [5, 5.41) is 2.73. The summed E-state index contributed by atoms with van der Waals surface area (Å²) in [6.45, 7) is 4.68. The summed E-state index contributed by atoms with van der Waals surface area (Å²) in [6.07, 6.45) is 9.87. The summed E-state index contributed by atoms with van der Waals surface area (Å²) in [5.41, 5.74) is 2.36. The molecule has 1 amide bonds. The van der Waals surface area contributed by atoms with Gasteiger partial charge in [0.05, 0.1) is 13.5 Å². The number of rotatable bonds is 8. The van der Waals surface area contributed by atoms with Crippen molar-refractivity contribution in [3.8, 4) is 0 Å². The van der Waals surface area contributed by atoms with Crippen LogP contribution >= 0.6 is 0 Å². The minimum Gasteiger partial charge on any atom is -0.467 e. The number of hydrogen-bond donors (Lipinski definition) is 1. The second-order valence-corrected chi connectivity index (χ2v) is 12.9. The smallest absolute Gasteiger partial charge is 0.328 e. The number of esters is 2. The number of ether oxygens (including phenoxy) is 2. The Morgan fingerprint density at radius 1 is 0.975 bits per heavy atom. The fourth-order valence-electron chi connectivity index (χ4n) is 8.59. The Labute approximate surface area is 237 Å². The Hall–Kier alpha value is -2.96. The Kier molecular flexibility index (Phi) is 8.21. The molecule has 0 bridgehead atoms. The molecule has 5 unspecified atom stereocenters. The molecule has 40 heavy (non-hydrogen) atoms. The van der Waals surface area contributed by atoms with Gasteiger partial charge in [-0.3, -0.25) is 14.4 Å². The number of nitrogens with one attached hydrogen (secondary N) is 1. The van der Waals surface area contributed by atoms with Crippen LogP contribution in [0.4, 0.5) is 0 Å². The lowest BCUT2D eigenvalue weighted by Gasteiger charge is -2.57. The predicted octanol–water partition coefficient (Wildman–Crippen LogP) is 5.11. The van der Waals surface area contributed by atoms with E-state index in [4.69, 9.17) is 9.47 Å². The van der Waals surface area contributed by atoms with Crippen LogP contribution in [0.15, 0.2) is 42.0 Å². The van der Waals surface area contributed by atoms with Crippen LogP contribution in [0.5, 0.6) is 0 Å². The Morgan fingerprint density at radius 2 is 1.75 bits per heavy atom. The highest BCUT2D eigenvalue weighted by atomic mass is 16.5. The Morgan fingerprint density at radius 3 is 2.50 bits per heavy atom. The van der Waals surface area contributed by atoms with Crippen molar-refractivity contribution in [3.05, 3.63) is 47.5 Å². The lowest BCUT2D eigenvalue weighted by Crippen LogP contribution is -2.51. The normalized spacial score (nSPS) is 33.5. The standard InChI is InChI=1S/C33H43NO6/c1-32-17-15-23(35)20-22(32)9-10-24-25-11-12-28(33(25,2)18-16-26(24)32)40-30(37)14-13-29(36)34-27(31(38)39-3)19-21-7-5-4-6-8-21/h4-8,20,24-28H,9-19H2,1-3H3,(H,34,36)/t24?,25?,26?,27?,28?,32-,33-/m0/s1. The van der Waals surface area contributed by atoms with Crippen LogP contribution in [0.3, 0.4) is 0 Å². The lowest BCUT2D eigenvalue weighted by molar-refractivity contribution is -0.160. The quantitative estimate of drug-likeness (QED) is 0.453. The number of carbonyl (C=O) groups excluding carboxylic acids is 4. The summed E-state index contributed by atoms with van der Waals surface area (Å²) < 4.78 is 10.9. The number of allylic oxidation sites excluding steroid dienone is 1. The molecule has 0 aliphatic heterocycles. The van der Waals surface area contributed by atoms with Gasteiger partial charge in [-0.25, -0.2) is 4.79 Å². The van der Waals surface area contributed by atoms with Crippen molar-refractivity contribution in [2.75, 3.05) is 7.11 Å². The van der Waals surface area contributed by atoms with Crippen LogP contribution in [0.1, 0.15) is 83.6 Å². The molecule has 0 heterocycles. The first-order valence-corrected chi connectivity index (χ1v) is 15.0. The van der Waals surface area contributed by atoms with Gasteiger partial charge in [-0.15, -0.1) is 0 Å². The van der Waals surface area contributed by atoms with Gasteiger partial charge in [0.2, 0.25) is 5.91 Å². The van der Waals surface area contributed by atoms with Crippen molar-refractivity contribution in [2.24, 2.45) is 28.6 Å². The highest BCUT2D eigenvalue weighted by molar-refractivity contribution is 5.91. The highest BCUT2D eigenvalue weighted by Crippen LogP contribution is 2.65. The van der Waals surface area contributed by atoms with Gasteiger partial charge >= 0.3 is 11.9 Å². The summed E-state index contributed by atoms with van der Waals surface area (Å²) in [5.74, 6) is 0.753. The monoisotopic (exact) mass is 549 g/mol. The van der Waals surface area contributed by atoms with Crippen LogP contribution in [0.2, 0.25) is 0 Å². The number of methoxy groups -OCH3 is 1. The third-order valence-electron chi connectivity index (χ3n) is 10.8. The molecule has 1 aromatic carbocycles. The van der Waals surface area contributed by atoms with E-state index in [2.05, 4.69) is 19.2 Å². The van der Waals surface area contributed by atoms with Gasteiger partial charge in [0.25, 0.3) is 0 Å². The number of benzene rings is 1. The van der Waals surface area contributed by atoms with E-state index >= 15 is 0 Å². The molecule has 0 spiro atoms. The molecule has 7 nitrogen and oxygen atoms in total. The third kappa shape index (κ3) is 5.48. The topological polar surface area (TPSA) is 98.8 Å². The van der Waals surface area contributed by atoms with Gasteiger partial charge in [-0.1, -0.05) is 49.8 Å². The average molecular weight is 550 g/mol. The lowest BCUT2D eigenvalue weighted by atomic mass is 9.47. The summed E-state index contributed by atoms with van der Waals surface area (Å²) in [4.78, 5) is 49.9. The molecule has 0 saturated heterocycles. The van der Waals surface area contributed by atoms with E-state index in [1.54, 1.807) is 0 Å². The van der Waals surface area contributed by atoms with Crippen LogP contribution in [0.25, 0.3) is 0 Å². The second kappa shape index (κ2) is 11.5. The van der Waals surface area contributed by atoms with Crippen LogP contribution < -0.4 is 5.32 Å². The Balaban J connectivity index is 1.15. The van der Waals surface area contributed by atoms with E-state index in [0.29, 0.717) is 30.6 Å². The van der Waals surface area contributed by atoms with Crippen molar-refractivity contribution in [1.29, 1.82) is 0 Å². The van der Waals surface area contributed by atoms with E-state index in [-0.39, 0.29) is 47.4 Å². The van der Waals surface area contributed by atoms with E-state index < -0.39 is 12.0 Å². The molecule has 0 radical (unpaired) electrons. The molecule has 216 valence electrons. The maximum atomic E-state index is 12.9. The molecule has 4 aliphatic carbocycles. The zero-order valence-corrected chi connectivity index (χ0v) is 24.1. The van der Waals surface area contributed by atoms with E-state index in [1.165, 1.54) is 12.7 Å². The first-order chi connectivity index (χ1) is 19.1. The molecule has 1 N–H and O–H groups in total. The minimum atomic E-state index is -0.810.